The Kier molecular flexibility index (Phi) is 12.8. The predicted octanol–water partition coefficient (Wildman–Crippen LogP) is 6.24. The summed E-state index contributed by atoms with van der Waals surface area (Å²) in [7, 11) is -4.23. The van der Waals surface area contributed by atoms with Gasteiger partial charge in [0.25, 0.3) is 10.0 Å². The third-order valence-electron chi connectivity index (χ3n) is 6.73. The largest absolute Gasteiger partial charge is 0.492 e. The molecule has 3 aromatic carbocycles. The molecule has 0 aromatic heterocycles. The third-order valence-corrected chi connectivity index (χ3v) is 9.62. The first-order valence-corrected chi connectivity index (χ1v) is 17.3. The number of benzene rings is 3. The van der Waals surface area contributed by atoms with Crippen LogP contribution in [0, 0.1) is 5.92 Å². The van der Waals surface area contributed by atoms with Crippen molar-refractivity contribution in [1.82, 2.24) is 10.2 Å². The van der Waals surface area contributed by atoms with E-state index in [2.05, 4.69) is 5.32 Å². The maximum Gasteiger partial charge on any atom is 0.264 e. The van der Waals surface area contributed by atoms with Crippen LogP contribution in [0.4, 0.5) is 5.69 Å². The number of anilines is 1. The molecular weight excluding hydrogens is 606 g/mol. The number of thioether (sulfide) groups is 1. The van der Waals surface area contributed by atoms with Gasteiger partial charge in [0.2, 0.25) is 11.8 Å². The number of nitrogens with one attached hydrogen (secondary N) is 1. The van der Waals surface area contributed by atoms with Crippen LogP contribution >= 0.6 is 23.4 Å². The van der Waals surface area contributed by atoms with Crippen molar-refractivity contribution >= 4 is 50.9 Å². The van der Waals surface area contributed by atoms with E-state index in [-0.39, 0.29) is 29.0 Å². The highest BCUT2D eigenvalue weighted by Crippen LogP contribution is 2.33. The zero-order chi connectivity index (χ0) is 31.6. The molecule has 0 fully saturated rings. The second-order valence-electron chi connectivity index (χ2n) is 10.3. The molecule has 0 aliphatic carbocycles. The molecule has 0 saturated heterocycles. The molecule has 0 heterocycles. The normalized spacial score (nSPS) is 12.1. The summed E-state index contributed by atoms with van der Waals surface area (Å²) < 4.78 is 35.3. The lowest BCUT2D eigenvalue weighted by atomic mass is 10.1. The summed E-state index contributed by atoms with van der Waals surface area (Å²) in [4.78, 5) is 30.0. The Labute approximate surface area is 264 Å². The number of hydrogen-bond donors (Lipinski definition) is 1. The Morgan fingerprint density at radius 2 is 1.63 bits per heavy atom. The first-order valence-electron chi connectivity index (χ1n) is 14.2. The standard InChI is InChI=1S/C32H40ClN3O5S2/c1-6-28(32(38)34-20-23(3)4)35(21-24-12-8-9-13-27(24)33)31(37)22-36(29-14-10-11-15-30(29)41-7-2)43(39,40)26-18-16-25(42-5)17-19-26/h8-19,23,28H,6-7,20-22H2,1-5H3,(H,34,38)/t28-/m0/s1. The molecule has 0 saturated carbocycles. The molecule has 43 heavy (non-hydrogen) atoms. The molecule has 1 atom stereocenters. The van der Waals surface area contributed by atoms with Crippen LogP contribution in [0.15, 0.2) is 82.6 Å². The lowest BCUT2D eigenvalue weighted by Crippen LogP contribution is -2.52. The third kappa shape index (κ3) is 8.90. The number of carbonyl (C=O) groups excluding carboxylic acids is 2. The summed E-state index contributed by atoms with van der Waals surface area (Å²) in [6.45, 7) is 7.79. The molecule has 3 aromatic rings. The molecule has 3 rings (SSSR count). The van der Waals surface area contributed by atoms with Crippen molar-refractivity contribution in [2.24, 2.45) is 5.92 Å². The average Bonchev–Trinajstić information content (AvgIpc) is 3.00. The number of sulfonamides is 1. The van der Waals surface area contributed by atoms with Crippen molar-refractivity contribution in [3.63, 3.8) is 0 Å². The van der Waals surface area contributed by atoms with E-state index in [4.69, 9.17) is 16.3 Å². The molecule has 0 bridgehead atoms. The molecule has 0 spiro atoms. The van der Waals surface area contributed by atoms with Crippen molar-refractivity contribution in [2.45, 2.75) is 56.5 Å². The number of halogens is 1. The number of para-hydroxylation sites is 2. The highest BCUT2D eigenvalue weighted by molar-refractivity contribution is 7.98. The maximum absolute atomic E-state index is 14.3. The van der Waals surface area contributed by atoms with Crippen molar-refractivity contribution in [1.29, 1.82) is 0 Å². The van der Waals surface area contributed by atoms with E-state index in [1.807, 2.05) is 27.0 Å². The Balaban J connectivity index is 2.11. The SMILES string of the molecule is CCOc1ccccc1N(CC(=O)N(Cc1ccccc1Cl)[C@@H](CC)C(=O)NCC(C)C)S(=O)(=O)c1ccc(SC)cc1. The van der Waals surface area contributed by atoms with Crippen LogP contribution in [0.3, 0.4) is 0 Å². The second-order valence-corrected chi connectivity index (χ2v) is 13.4. The van der Waals surface area contributed by atoms with E-state index in [1.54, 1.807) is 67.6 Å². The number of ether oxygens (including phenoxy) is 1. The van der Waals surface area contributed by atoms with Crippen LogP contribution < -0.4 is 14.4 Å². The number of amides is 2. The number of hydrogen-bond acceptors (Lipinski definition) is 6. The molecular formula is C32H40ClN3O5S2. The van der Waals surface area contributed by atoms with E-state index in [1.165, 1.54) is 28.8 Å². The van der Waals surface area contributed by atoms with Gasteiger partial charge in [-0.1, -0.05) is 62.7 Å². The summed E-state index contributed by atoms with van der Waals surface area (Å²) in [5.41, 5.74) is 0.867. The average molecular weight is 646 g/mol. The fourth-order valence-electron chi connectivity index (χ4n) is 4.48. The van der Waals surface area contributed by atoms with E-state index in [9.17, 15) is 18.0 Å². The Bertz CT molecular complexity index is 1480. The van der Waals surface area contributed by atoms with Crippen molar-refractivity contribution < 1.29 is 22.7 Å². The van der Waals surface area contributed by atoms with Gasteiger partial charge in [-0.15, -0.1) is 11.8 Å². The van der Waals surface area contributed by atoms with Gasteiger partial charge in [-0.25, -0.2) is 8.42 Å². The molecule has 0 radical (unpaired) electrons. The predicted molar refractivity (Wildman–Crippen MR) is 174 cm³/mol. The summed E-state index contributed by atoms with van der Waals surface area (Å²) in [5, 5.41) is 3.37. The van der Waals surface area contributed by atoms with Crippen LogP contribution in [0.25, 0.3) is 0 Å². The number of rotatable bonds is 15. The summed E-state index contributed by atoms with van der Waals surface area (Å²) >= 11 is 7.97. The topological polar surface area (TPSA) is 96.0 Å². The van der Waals surface area contributed by atoms with Crippen molar-refractivity contribution in [3.8, 4) is 5.75 Å². The van der Waals surface area contributed by atoms with Gasteiger partial charge in [-0.2, -0.15) is 0 Å². The van der Waals surface area contributed by atoms with Gasteiger partial charge in [0.1, 0.15) is 18.3 Å². The quantitative estimate of drug-likeness (QED) is 0.197. The molecule has 0 aliphatic heterocycles. The maximum atomic E-state index is 14.3. The minimum absolute atomic E-state index is 0.0233. The zero-order valence-electron chi connectivity index (χ0n) is 25.2. The van der Waals surface area contributed by atoms with Gasteiger partial charge < -0.3 is 15.0 Å². The van der Waals surface area contributed by atoms with E-state index >= 15 is 0 Å². The van der Waals surface area contributed by atoms with Gasteiger partial charge >= 0.3 is 0 Å². The van der Waals surface area contributed by atoms with Crippen LogP contribution in [-0.2, 0) is 26.2 Å². The number of nitrogens with zero attached hydrogens (tertiary/aromatic N) is 2. The van der Waals surface area contributed by atoms with Crippen molar-refractivity contribution in [2.75, 3.05) is 30.3 Å². The number of carbonyl (C=O) groups is 2. The Hall–Kier alpha value is -3.21. The Morgan fingerprint density at radius 3 is 2.23 bits per heavy atom. The second kappa shape index (κ2) is 16.0. The van der Waals surface area contributed by atoms with Gasteiger partial charge in [0.05, 0.1) is 17.2 Å². The first-order chi connectivity index (χ1) is 20.5. The molecule has 232 valence electrons. The van der Waals surface area contributed by atoms with Gasteiger partial charge in [0.15, 0.2) is 0 Å². The first kappa shape index (κ1) is 34.3. The lowest BCUT2D eigenvalue weighted by molar-refractivity contribution is -0.140. The van der Waals surface area contributed by atoms with Crippen LogP contribution in [0.2, 0.25) is 5.02 Å². The van der Waals surface area contributed by atoms with E-state index < -0.39 is 28.5 Å². The molecule has 0 unspecified atom stereocenters. The minimum Gasteiger partial charge on any atom is -0.492 e. The van der Waals surface area contributed by atoms with Crippen LogP contribution in [-0.4, -0.2) is 57.1 Å². The van der Waals surface area contributed by atoms with Gasteiger partial charge in [0, 0.05) is 23.0 Å². The Morgan fingerprint density at radius 1 is 0.977 bits per heavy atom. The van der Waals surface area contributed by atoms with Gasteiger partial charge in [-0.3, -0.25) is 13.9 Å². The fourth-order valence-corrected chi connectivity index (χ4v) is 6.51. The highest BCUT2D eigenvalue weighted by atomic mass is 35.5. The van der Waals surface area contributed by atoms with E-state index in [0.29, 0.717) is 35.9 Å². The van der Waals surface area contributed by atoms with Crippen LogP contribution in [0.5, 0.6) is 5.75 Å². The molecule has 8 nitrogen and oxygen atoms in total. The lowest BCUT2D eigenvalue weighted by Gasteiger charge is -2.33. The molecule has 2 amide bonds. The van der Waals surface area contributed by atoms with Crippen molar-refractivity contribution in [3.05, 3.63) is 83.4 Å². The van der Waals surface area contributed by atoms with Crippen LogP contribution in [0.1, 0.15) is 39.7 Å². The minimum atomic E-state index is -4.23. The van der Waals surface area contributed by atoms with E-state index in [0.717, 1.165) is 9.20 Å². The molecule has 1 N–H and O–H groups in total. The zero-order valence-corrected chi connectivity index (χ0v) is 27.6. The summed E-state index contributed by atoms with van der Waals surface area (Å²) in [6.07, 6.45) is 2.22. The summed E-state index contributed by atoms with van der Waals surface area (Å²) in [5.74, 6) is -0.334. The molecule has 11 heteroatoms. The summed E-state index contributed by atoms with van der Waals surface area (Å²) in [6, 6.07) is 19.4. The van der Waals surface area contributed by atoms with Gasteiger partial charge in [-0.05, 0) is 73.5 Å². The molecule has 0 aliphatic rings. The highest BCUT2D eigenvalue weighted by Gasteiger charge is 2.35. The fraction of sp³-hybridized carbons (Fsp3) is 0.375. The smallest absolute Gasteiger partial charge is 0.264 e. The monoisotopic (exact) mass is 645 g/mol.